The highest BCUT2D eigenvalue weighted by molar-refractivity contribution is 6.05. The van der Waals surface area contributed by atoms with Crippen LogP contribution in [0.1, 0.15) is 36.5 Å². The molecule has 0 aliphatic carbocycles. The monoisotopic (exact) mass is 445 g/mol. The van der Waals surface area contributed by atoms with Gasteiger partial charge >= 0.3 is 0 Å². The van der Waals surface area contributed by atoms with Gasteiger partial charge in [0.1, 0.15) is 5.82 Å². The average Bonchev–Trinajstić information content (AvgIpc) is 2.86. The van der Waals surface area contributed by atoms with Crippen molar-refractivity contribution in [1.29, 1.82) is 0 Å². The smallest absolute Gasteiger partial charge is 0.255 e. The predicted molar refractivity (Wildman–Crippen MR) is 130 cm³/mol. The fraction of sp³-hybridized carbons (Fsp3) is 0.259. The quantitative estimate of drug-likeness (QED) is 0.522. The Kier molecular flexibility index (Phi) is 7.15. The van der Waals surface area contributed by atoms with E-state index in [4.69, 9.17) is 0 Å². The van der Waals surface area contributed by atoms with Gasteiger partial charge in [-0.15, -0.1) is 0 Å². The molecule has 1 atom stereocenters. The third-order valence-electron chi connectivity index (χ3n) is 6.05. The number of piperidine rings is 1. The summed E-state index contributed by atoms with van der Waals surface area (Å²) < 4.78 is 14.4. The maximum atomic E-state index is 14.4. The second kappa shape index (κ2) is 10.4. The van der Waals surface area contributed by atoms with Crippen LogP contribution in [0.2, 0.25) is 0 Å². The summed E-state index contributed by atoms with van der Waals surface area (Å²) in [5.74, 6) is -1.10. The van der Waals surface area contributed by atoms with Gasteiger partial charge in [-0.05, 0) is 74.3 Å². The molecule has 1 fully saturated rings. The van der Waals surface area contributed by atoms with Crippen LogP contribution < -0.4 is 10.6 Å². The van der Waals surface area contributed by atoms with Crippen LogP contribution in [0, 0.1) is 5.82 Å². The standard InChI is InChI=1S/C27H28FN3O2/c1-19(31-16-6-3-7-17-31)26(32)30-25-18-23(14-15-24(25)28)29-27(33)22-12-10-21(11-13-22)20-8-4-2-5-9-20/h2,4-5,8-15,18-19H,3,6-7,16-17H2,1H3,(H,29,33)(H,30,32)/t19-/m0/s1. The lowest BCUT2D eigenvalue weighted by Gasteiger charge is -2.31. The molecule has 0 unspecified atom stereocenters. The predicted octanol–water partition coefficient (Wildman–Crippen LogP) is 5.56. The van der Waals surface area contributed by atoms with Gasteiger partial charge in [0.2, 0.25) is 5.91 Å². The van der Waals surface area contributed by atoms with Crippen LogP contribution in [0.15, 0.2) is 72.8 Å². The Morgan fingerprint density at radius 2 is 1.52 bits per heavy atom. The van der Waals surface area contributed by atoms with Crippen LogP contribution in [0.5, 0.6) is 0 Å². The van der Waals surface area contributed by atoms with Crippen molar-refractivity contribution < 1.29 is 14.0 Å². The van der Waals surface area contributed by atoms with Crippen molar-refractivity contribution in [3.8, 4) is 11.1 Å². The van der Waals surface area contributed by atoms with E-state index in [1.807, 2.05) is 49.4 Å². The van der Waals surface area contributed by atoms with E-state index in [0.29, 0.717) is 11.3 Å². The van der Waals surface area contributed by atoms with Gasteiger partial charge in [0, 0.05) is 11.3 Å². The van der Waals surface area contributed by atoms with E-state index in [1.54, 1.807) is 12.1 Å². The number of hydrogen-bond donors (Lipinski definition) is 2. The van der Waals surface area contributed by atoms with E-state index in [2.05, 4.69) is 15.5 Å². The minimum atomic E-state index is -0.542. The first-order chi connectivity index (χ1) is 16.0. The molecular weight excluding hydrogens is 417 g/mol. The number of nitrogens with one attached hydrogen (secondary N) is 2. The SMILES string of the molecule is C[C@@H](C(=O)Nc1cc(NC(=O)c2ccc(-c3ccccc3)cc2)ccc1F)N1CCCCC1. The maximum Gasteiger partial charge on any atom is 0.255 e. The Bertz CT molecular complexity index is 1110. The molecule has 2 amide bonds. The average molecular weight is 446 g/mol. The molecular formula is C27H28FN3O2. The van der Waals surface area contributed by atoms with Gasteiger partial charge in [0.25, 0.3) is 5.91 Å². The molecule has 4 rings (SSSR count). The lowest BCUT2D eigenvalue weighted by molar-refractivity contribution is -0.121. The van der Waals surface area contributed by atoms with Crippen molar-refractivity contribution in [1.82, 2.24) is 4.90 Å². The fourth-order valence-corrected chi connectivity index (χ4v) is 4.06. The van der Waals surface area contributed by atoms with Crippen LogP contribution in [0.3, 0.4) is 0 Å². The zero-order valence-corrected chi connectivity index (χ0v) is 18.7. The molecule has 0 bridgehead atoms. The van der Waals surface area contributed by atoms with Crippen LogP contribution >= 0.6 is 0 Å². The molecule has 0 radical (unpaired) electrons. The summed E-state index contributed by atoms with van der Waals surface area (Å²) in [6.45, 7) is 3.58. The Hall–Kier alpha value is -3.51. The molecule has 1 heterocycles. The summed E-state index contributed by atoms with van der Waals surface area (Å²) in [4.78, 5) is 27.5. The topological polar surface area (TPSA) is 61.4 Å². The Balaban J connectivity index is 1.42. The molecule has 0 spiro atoms. The van der Waals surface area contributed by atoms with E-state index >= 15 is 0 Å². The van der Waals surface area contributed by atoms with E-state index in [9.17, 15) is 14.0 Å². The first kappa shape index (κ1) is 22.7. The molecule has 3 aromatic carbocycles. The largest absolute Gasteiger partial charge is 0.322 e. The van der Waals surface area contributed by atoms with Crippen molar-refractivity contribution >= 4 is 23.2 Å². The van der Waals surface area contributed by atoms with E-state index in [0.717, 1.165) is 37.1 Å². The summed E-state index contributed by atoms with van der Waals surface area (Å²) in [5.41, 5.74) is 3.04. The highest BCUT2D eigenvalue weighted by atomic mass is 19.1. The maximum absolute atomic E-state index is 14.4. The van der Waals surface area contributed by atoms with Gasteiger partial charge in [0.05, 0.1) is 11.7 Å². The molecule has 1 saturated heterocycles. The Labute approximate surface area is 193 Å². The van der Waals surface area contributed by atoms with Crippen LogP contribution in [0.25, 0.3) is 11.1 Å². The van der Waals surface area contributed by atoms with E-state index < -0.39 is 5.82 Å². The zero-order chi connectivity index (χ0) is 23.2. The third kappa shape index (κ3) is 5.65. The highest BCUT2D eigenvalue weighted by Gasteiger charge is 2.23. The van der Waals surface area contributed by atoms with Crippen LogP contribution in [-0.2, 0) is 4.79 Å². The lowest BCUT2D eigenvalue weighted by atomic mass is 10.0. The first-order valence-electron chi connectivity index (χ1n) is 11.3. The van der Waals surface area contributed by atoms with Gasteiger partial charge in [-0.1, -0.05) is 48.9 Å². The summed E-state index contributed by atoms with van der Waals surface area (Å²) in [7, 11) is 0. The first-order valence-corrected chi connectivity index (χ1v) is 11.3. The number of amides is 2. The summed E-state index contributed by atoms with van der Waals surface area (Å²) in [6, 6.07) is 21.0. The number of rotatable bonds is 6. The van der Waals surface area contributed by atoms with Crippen molar-refractivity contribution in [2.24, 2.45) is 0 Å². The highest BCUT2D eigenvalue weighted by Crippen LogP contribution is 2.23. The molecule has 3 aromatic rings. The van der Waals surface area contributed by atoms with E-state index in [-0.39, 0.29) is 23.5 Å². The second-order valence-electron chi connectivity index (χ2n) is 8.35. The number of likely N-dealkylation sites (tertiary alicyclic amines) is 1. The molecule has 2 N–H and O–H groups in total. The van der Waals surface area contributed by atoms with Gasteiger partial charge < -0.3 is 10.6 Å². The Morgan fingerprint density at radius 3 is 2.21 bits per heavy atom. The minimum absolute atomic E-state index is 0.0566. The number of benzene rings is 3. The molecule has 33 heavy (non-hydrogen) atoms. The number of anilines is 2. The minimum Gasteiger partial charge on any atom is -0.322 e. The molecule has 6 heteroatoms. The van der Waals surface area contributed by atoms with Crippen molar-refractivity contribution in [2.45, 2.75) is 32.2 Å². The Morgan fingerprint density at radius 1 is 0.848 bits per heavy atom. The van der Waals surface area contributed by atoms with Crippen LogP contribution in [-0.4, -0.2) is 35.8 Å². The lowest BCUT2D eigenvalue weighted by Crippen LogP contribution is -2.44. The summed E-state index contributed by atoms with van der Waals surface area (Å²) >= 11 is 0. The van der Waals surface area contributed by atoms with Gasteiger partial charge in [-0.3, -0.25) is 14.5 Å². The van der Waals surface area contributed by atoms with Crippen molar-refractivity contribution in [3.05, 3.63) is 84.2 Å². The third-order valence-corrected chi connectivity index (χ3v) is 6.05. The summed E-state index contributed by atoms with van der Waals surface area (Å²) in [5, 5.41) is 5.46. The van der Waals surface area contributed by atoms with Gasteiger partial charge in [-0.2, -0.15) is 0 Å². The summed E-state index contributed by atoms with van der Waals surface area (Å²) in [6.07, 6.45) is 3.32. The normalized spacial score (nSPS) is 15.0. The zero-order valence-electron chi connectivity index (χ0n) is 18.7. The number of halogens is 1. The molecule has 1 aliphatic rings. The van der Waals surface area contributed by atoms with Gasteiger partial charge in [0.15, 0.2) is 0 Å². The van der Waals surface area contributed by atoms with Gasteiger partial charge in [-0.25, -0.2) is 4.39 Å². The molecule has 1 aliphatic heterocycles. The fourth-order valence-electron chi connectivity index (χ4n) is 4.06. The molecule has 170 valence electrons. The second-order valence-corrected chi connectivity index (χ2v) is 8.35. The molecule has 5 nitrogen and oxygen atoms in total. The molecule has 0 saturated carbocycles. The number of nitrogens with zero attached hydrogens (tertiary/aromatic N) is 1. The van der Waals surface area contributed by atoms with Crippen molar-refractivity contribution in [2.75, 3.05) is 23.7 Å². The number of carbonyl (C=O) groups excluding carboxylic acids is 2. The van der Waals surface area contributed by atoms with E-state index in [1.165, 1.54) is 24.6 Å². The molecule has 0 aromatic heterocycles. The van der Waals surface area contributed by atoms with Crippen LogP contribution in [0.4, 0.5) is 15.8 Å². The number of carbonyl (C=O) groups is 2. The number of hydrogen-bond acceptors (Lipinski definition) is 3. The van der Waals surface area contributed by atoms with Crippen molar-refractivity contribution in [3.63, 3.8) is 0 Å².